The zero-order chi connectivity index (χ0) is 12.3. The van der Waals surface area contributed by atoms with Crippen molar-refractivity contribution < 1.29 is 4.79 Å². The number of hydrogen-bond acceptors (Lipinski definition) is 4. The molecule has 17 heavy (non-hydrogen) atoms. The Morgan fingerprint density at radius 1 is 1.41 bits per heavy atom. The molecule has 2 rings (SSSR count). The van der Waals surface area contributed by atoms with E-state index in [1.165, 1.54) is 4.68 Å². The lowest BCUT2D eigenvalue weighted by atomic mass is 10.2. The Labute approximate surface area is 107 Å². The molecule has 0 unspecified atom stereocenters. The van der Waals surface area contributed by atoms with Gasteiger partial charge >= 0.3 is 0 Å². The average Bonchev–Trinajstić information content (AvgIpc) is 2.67. The van der Waals surface area contributed by atoms with Gasteiger partial charge in [-0.15, -0.1) is 5.10 Å². The van der Waals surface area contributed by atoms with Gasteiger partial charge in [-0.1, -0.05) is 23.4 Å². The van der Waals surface area contributed by atoms with Crippen LogP contribution in [0.5, 0.6) is 0 Å². The molecule has 0 aliphatic heterocycles. The zero-order valence-electron chi connectivity index (χ0n) is 9.22. The number of carbonyl (C=O) groups is 1. The van der Waals surface area contributed by atoms with Crippen LogP contribution in [0.2, 0.25) is 0 Å². The number of hydrogen-bond donors (Lipinski definition) is 1. The molecule has 0 fully saturated rings. The van der Waals surface area contributed by atoms with Gasteiger partial charge in [-0.3, -0.25) is 4.79 Å². The molecule has 0 atom stereocenters. The number of Topliss-reactive ketones (excluding diaryl/α,β-unsaturated/α-hetero) is 1. The molecule has 5 nitrogen and oxygen atoms in total. The SMILES string of the molecule is Cn1nnc(Br)c1C(=O)CNc1ccccc1. The molecule has 0 aliphatic carbocycles. The van der Waals surface area contributed by atoms with Crippen molar-refractivity contribution in [3.05, 3.63) is 40.6 Å². The highest BCUT2D eigenvalue weighted by molar-refractivity contribution is 9.10. The van der Waals surface area contributed by atoms with E-state index < -0.39 is 0 Å². The van der Waals surface area contributed by atoms with Crippen molar-refractivity contribution in [1.29, 1.82) is 0 Å². The molecule has 0 aliphatic rings. The number of aryl methyl sites for hydroxylation is 1. The number of rotatable bonds is 4. The van der Waals surface area contributed by atoms with E-state index in [0.29, 0.717) is 10.3 Å². The molecular weight excluding hydrogens is 284 g/mol. The predicted molar refractivity (Wildman–Crippen MR) is 68.0 cm³/mol. The van der Waals surface area contributed by atoms with E-state index in [-0.39, 0.29) is 12.3 Å². The fourth-order valence-electron chi connectivity index (χ4n) is 1.45. The van der Waals surface area contributed by atoms with Crippen molar-refractivity contribution >= 4 is 27.4 Å². The van der Waals surface area contributed by atoms with Gasteiger partial charge in [0, 0.05) is 12.7 Å². The molecule has 0 bridgehead atoms. The second kappa shape index (κ2) is 5.09. The van der Waals surface area contributed by atoms with Gasteiger partial charge in [0.15, 0.2) is 4.60 Å². The van der Waals surface area contributed by atoms with Crippen LogP contribution < -0.4 is 5.32 Å². The second-order valence-electron chi connectivity index (χ2n) is 3.50. The van der Waals surface area contributed by atoms with Crippen LogP contribution in [-0.2, 0) is 7.05 Å². The predicted octanol–water partition coefficient (Wildman–Crippen LogP) is 1.87. The van der Waals surface area contributed by atoms with Gasteiger partial charge in [0.2, 0.25) is 5.78 Å². The molecule has 1 heterocycles. The summed E-state index contributed by atoms with van der Waals surface area (Å²) >= 11 is 3.20. The van der Waals surface area contributed by atoms with Crippen LogP contribution in [-0.4, -0.2) is 27.3 Å². The van der Waals surface area contributed by atoms with Crippen molar-refractivity contribution in [2.45, 2.75) is 0 Å². The summed E-state index contributed by atoms with van der Waals surface area (Å²) in [6, 6.07) is 9.56. The molecular formula is C11H11BrN4O. The van der Waals surface area contributed by atoms with E-state index >= 15 is 0 Å². The van der Waals surface area contributed by atoms with Crippen molar-refractivity contribution in [2.75, 3.05) is 11.9 Å². The number of benzene rings is 1. The van der Waals surface area contributed by atoms with Crippen LogP contribution in [0.1, 0.15) is 10.5 Å². The molecule has 0 amide bonds. The van der Waals surface area contributed by atoms with Crippen molar-refractivity contribution in [2.24, 2.45) is 7.05 Å². The third-order valence-corrected chi connectivity index (χ3v) is 2.81. The van der Waals surface area contributed by atoms with Crippen LogP contribution in [0.4, 0.5) is 5.69 Å². The highest BCUT2D eigenvalue weighted by Crippen LogP contribution is 2.13. The maximum absolute atomic E-state index is 11.9. The Hall–Kier alpha value is -1.69. The minimum absolute atomic E-state index is 0.0618. The van der Waals surface area contributed by atoms with Gasteiger partial charge in [-0.05, 0) is 28.1 Å². The van der Waals surface area contributed by atoms with Crippen LogP contribution in [0.15, 0.2) is 34.9 Å². The van der Waals surface area contributed by atoms with E-state index in [1.54, 1.807) is 7.05 Å². The van der Waals surface area contributed by atoms with Crippen LogP contribution in [0.25, 0.3) is 0 Å². The largest absolute Gasteiger partial charge is 0.378 e. The number of nitrogens with one attached hydrogen (secondary N) is 1. The first-order valence-electron chi connectivity index (χ1n) is 5.06. The molecule has 6 heteroatoms. The first kappa shape index (κ1) is 11.8. The van der Waals surface area contributed by atoms with E-state index in [2.05, 4.69) is 31.6 Å². The number of anilines is 1. The number of ketones is 1. The van der Waals surface area contributed by atoms with Gasteiger partial charge in [-0.25, -0.2) is 4.68 Å². The van der Waals surface area contributed by atoms with Crippen molar-refractivity contribution in [3.63, 3.8) is 0 Å². The Bertz CT molecular complexity index is 504. The molecule has 2 aromatic rings. The quantitative estimate of drug-likeness (QED) is 0.875. The lowest BCUT2D eigenvalue weighted by Gasteiger charge is -2.05. The Kier molecular flexibility index (Phi) is 3.53. The molecule has 1 aromatic heterocycles. The lowest BCUT2D eigenvalue weighted by molar-refractivity contribution is 0.0996. The normalized spacial score (nSPS) is 10.2. The minimum atomic E-state index is -0.0618. The molecule has 88 valence electrons. The monoisotopic (exact) mass is 294 g/mol. The lowest BCUT2D eigenvalue weighted by Crippen LogP contribution is -2.17. The first-order valence-corrected chi connectivity index (χ1v) is 5.85. The number of para-hydroxylation sites is 1. The fourth-order valence-corrected chi connectivity index (χ4v) is 2.00. The minimum Gasteiger partial charge on any atom is -0.378 e. The molecule has 1 aromatic carbocycles. The van der Waals surface area contributed by atoms with Crippen molar-refractivity contribution in [1.82, 2.24) is 15.0 Å². The highest BCUT2D eigenvalue weighted by atomic mass is 79.9. The third kappa shape index (κ3) is 2.71. The standard InChI is InChI=1S/C11H11BrN4O/c1-16-10(11(12)14-15-16)9(17)7-13-8-5-3-2-4-6-8/h2-6,13H,7H2,1H3. The summed E-state index contributed by atoms with van der Waals surface area (Å²) in [5.74, 6) is -0.0618. The maximum Gasteiger partial charge on any atom is 0.202 e. The maximum atomic E-state index is 11.9. The average molecular weight is 295 g/mol. The fraction of sp³-hybridized carbons (Fsp3) is 0.182. The number of aromatic nitrogens is 3. The summed E-state index contributed by atoms with van der Waals surface area (Å²) in [6.45, 7) is 0.212. The van der Waals surface area contributed by atoms with Crippen LogP contribution >= 0.6 is 15.9 Å². The molecule has 0 saturated heterocycles. The smallest absolute Gasteiger partial charge is 0.202 e. The van der Waals surface area contributed by atoms with E-state index in [9.17, 15) is 4.79 Å². The summed E-state index contributed by atoms with van der Waals surface area (Å²) in [4.78, 5) is 11.9. The van der Waals surface area contributed by atoms with Gasteiger partial charge in [-0.2, -0.15) is 0 Å². The summed E-state index contributed by atoms with van der Waals surface area (Å²) in [6.07, 6.45) is 0. The molecule has 0 spiro atoms. The molecule has 0 saturated carbocycles. The van der Waals surface area contributed by atoms with Gasteiger partial charge < -0.3 is 5.32 Å². The summed E-state index contributed by atoms with van der Waals surface area (Å²) in [5.41, 5.74) is 1.38. The topological polar surface area (TPSA) is 59.8 Å². The summed E-state index contributed by atoms with van der Waals surface area (Å²) in [5, 5.41) is 10.6. The third-order valence-electron chi connectivity index (χ3n) is 2.28. The Morgan fingerprint density at radius 2 is 2.12 bits per heavy atom. The summed E-state index contributed by atoms with van der Waals surface area (Å²) < 4.78 is 1.93. The van der Waals surface area contributed by atoms with Crippen molar-refractivity contribution in [3.8, 4) is 0 Å². The highest BCUT2D eigenvalue weighted by Gasteiger charge is 2.16. The summed E-state index contributed by atoms with van der Waals surface area (Å²) in [7, 11) is 1.69. The van der Waals surface area contributed by atoms with E-state index in [0.717, 1.165) is 5.69 Å². The van der Waals surface area contributed by atoms with Crippen LogP contribution in [0.3, 0.4) is 0 Å². The van der Waals surface area contributed by atoms with Crippen LogP contribution in [0, 0.1) is 0 Å². The van der Waals surface area contributed by atoms with Gasteiger partial charge in [0.1, 0.15) is 5.69 Å². The van der Waals surface area contributed by atoms with Gasteiger partial charge in [0.25, 0.3) is 0 Å². The second-order valence-corrected chi connectivity index (χ2v) is 4.25. The van der Waals surface area contributed by atoms with E-state index in [1.807, 2.05) is 30.3 Å². The molecule has 0 radical (unpaired) electrons. The Morgan fingerprint density at radius 3 is 2.71 bits per heavy atom. The number of carbonyl (C=O) groups excluding carboxylic acids is 1. The first-order chi connectivity index (χ1) is 8.18. The Balaban J connectivity index is 2.04. The zero-order valence-corrected chi connectivity index (χ0v) is 10.8. The number of nitrogens with zero attached hydrogens (tertiary/aromatic N) is 3. The number of halogens is 1. The van der Waals surface area contributed by atoms with E-state index in [4.69, 9.17) is 0 Å². The van der Waals surface area contributed by atoms with Gasteiger partial charge in [0.05, 0.1) is 6.54 Å². The molecule has 1 N–H and O–H groups in total.